The zero-order chi connectivity index (χ0) is 11.3. The van der Waals surface area contributed by atoms with Crippen LogP contribution >= 0.6 is 0 Å². The first-order valence-corrected chi connectivity index (χ1v) is 4.55. The van der Waals surface area contributed by atoms with E-state index in [1.54, 1.807) is 28.4 Å². The molecule has 0 unspecified atom stereocenters. The minimum atomic E-state index is -0.449. The highest BCUT2D eigenvalue weighted by molar-refractivity contribution is 6.62. The van der Waals surface area contributed by atoms with E-state index in [1.165, 1.54) is 0 Å². The summed E-state index contributed by atoms with van der Waals surface area (Å²) in [6, 6.07) is 5.56. The van der Waals surface area contributed by atoms with Crippen molar-refractivity contribution < 1.29 is 18.8 Å². The molecule has 0 radical (unpaired) electrons. The molecule has 15 heavy (non-hydrogen) atoms. The van der Waals surface area contributed by atoms with Gasteiger partial charge in [0.1, 0.15) is 0 Å². The molecular formula is C10H15BO4. The second kappa shape index (κ2) is 5.63. The van der Waals surface area contributed by atoms with Crippen LogP contribution in [-0.2, 0) is 9.31 Å². The van der Waals surface area contributed by atoms with Gasteiger partial charge < -0.3 is 18.8 Å². The fraction of sp³-hybridized carbons (Fsp3) is 0.400. The van der Waals surface area contributed by atoms with Crippen LogP contribution in [0.5, 0.6) is 11.5 Å². The van der Waals surface area contributed by atoms with Gasteiger partial charge in [0.15, 0.2) is 11.5 Å². The Kier molecular flexibility index (Phi) is 4.46. The molecule has 1 aromatic carbocycles. The molecule has 0 aliphatic heterocycles. The molecule has 4 nitrogen and oxygen atoms in total. The van der Waals surface area contributed by atoms with Gasteiger partial charge in [0.25, 0.3) is 0 Å². The van der Waals surface area contributed by atoms with Crippen LogP contribution in [-0.4, -0.2) is 35.6 Å². The quantitative estimate of drug-likeness (QED) is 0.670. The smallest absolute Gasteiger partial charge is 0.493 e. The summed E-state index contributed by atoms with van der Waals surface area (Å²) in [7, 11) is 5.88. The average molecular weight is 210 g/mol. The Balaban J connectivity index is 3.15. The van der Waals surface area contributed by atoms with Gasteiger partial charge in [0.05, 0.1) is 14.2 Å². The Labute approximate surface area is 90.2 Å². The van der Waals surface area contributed by atoms with Crippen molar-refractivity contribution in [2.75, 3.05) is 28.4 Å². The largest absolute Gasteiger partial charge is 0.497 e. The van der Waals surface area contributed by atoms with E-state index in [0.29, 0.717) is 11.5 Å². The summed E-state index contributed by atoms with van der Waals surface area (Å²) < 4.78 is 20.8. The third-order valence-corrected chi connectivity index (χ3v) is 2.12. The van der Waals surface area contributed by atoms with Crippen LogP contribution < -0.4 is 14.9 Å². The number of para-hydroxylation sites is 1. The minimum Gasteiger partial charge on any atom is -0.493 e. The van der Waals surface area contributed by atoms with Crippen LogP contribution in [0, 0.1) is 0 Å². The second-order valence-electron chi connectivity index (χ2n) is 2.89. The van der Waals surface area contributed by atoms with Crippen LogP contribution in [0.4, 0.5) is 0 Å². The summed E-state index contributed by atoms with van der Waals surface area (Å²) in [6.45, 7) is 0. The topological polar surface area (TPSA) is 36.9 Å². The van der Waals surface area contributed by atoms with E-state index in [0.717, 1.165) is 5.46 Å². The molecule has 0 aliphatic rings. The molecule has 0 bridgehead atoms. The number of benzene rings is 1. The molecule has 0 fully saturated rings. The molecule has 0 aromatic heterocycles. The van der Waals surface area contributed by atoms with E-state index in [-0.39, 0.29) is 0 Å². The maximum atomic E-state index is 5.27. The van der Waals surface area contributed by atoms with E-state index < -0.39 is 7.12 Å². The standard InChI is InChI=1S/C10H15BO4/c1-12-9-7-5-6-8(10(9)13-2)11(14-3)15-4/h5-7H,1-4H3. The summed E-state index contributed by atoms with van der Waals surface area (Å²) in [5.74, 6) is 1.29. The lowest BCUT2D eigenvalue weighted by Crippen LogP contribution is -2.35. The van der Waals surface area contributed by atoms with Crippen molar-refractivity contribution in [2.24, 2.45) is 0 Å². The van der Waals surface area contributed by atoms with Gasteiger partial charge in [0.2, 0.25) is 0 Å². The van der Waals surface area contributed by atoms with Crippen molar-refractivity contribution in [3.63, 3.8) is 0 Å². The molecule has 0 spiro atoms. The maximum Gasteiger partial charge on any atom is 0.497 e. The summed E-state index contributed by atoms with van der Waals surface area (Å²) in [6.07, 6.45) is 0. The van der Waals surface area contributed by atoms with Gasteiger partial charge in [-0.3, -0.25) is 0 Å². The van der Waals surface area contributed by atoms with Crippen molar-refractivity contribution >= 4 is 12.6 Å². The normalized spacial score (nSPS) is 9.87. The van der Waals surface area contributed by atoms with E-state index in [1.807, 2.05) is 18.2 Å². The molecule has 1 aromatic rings. The molecule has 5 heteroatoms. The van der Waals surface area contributed by atoms with Gasteiger partial charge in [-0.25, -0.2) is 0 Å². The monoisotopic (exact) mass is 210 g/mol. The lowest BCUT2D eigenvalue weighted by molar-refractivity contribution is 0.289. The SMILES string of the molecule is COB(OC)c1cccc(OC)c1OC. The van der Waals surface area contributed by atoms with Gasteiger partial charge in [-0.2, -0.15) is 0 Å². The highest BCUT2D eigenvalue weighted by atomic mass is 16.6. The molecule has 0 saturated heterocycles. The number of hydrogen-bond acceptors (Lipinski definition) is 4. The minimum absolute atomic E-state index is 0.449. The van der Waals surface area contributed by atoms with E-state index in [4.69, 9.17) is 18.8 Å². The molecule has 0 N–H and O–H groups in total. The van der Waals surface area contributed by atoms with E-state index >= 15 is 0 Å². The van der Waals surface area contributed by atoms with Gasteiger partial charge in [-0.05, 0) is 6.07 Å². The van der Waals surface area contributed by atoms with Crippen LogP contribution in [0.2, 0.25) is 0 Å². The fourth-order valence-electron chi connectivity index (χ4n) is 1.45. The second-order valence-corrected chi connectivity index (χ2v) is 2.89. The Morgan fingerprint density at radius 1 is 0.933 bits per heavy atom. The zero-order valence-corrected chi connectivity index (χ0v) is 9.44. The molecule has 0 atom stereocenters. The third-order valence-electron chi connectivity index (χ3n) is 2.12. The average Bonchev–Trinajstić information content (AvgIpc) is 2.30. The number of hydrogen-bond donors (Lipinski definition) is 0. The van der Waals surface area contributed by atoms with E-state index in [9.17, 15) is 0 Å². The molecule has 82 valence electrons. The molecule has 1 rings (SSSR count). The van der Waals surface area contributed by atoms with Crippen LogP contribution in [0.3, 0.4) is 0 Å². The van der Waals surface area contributed by atoms with Gasteiger partial charge >= 0.3 is 7.12 Å². The van der Waals surface area contributed by atoms with Gasteiger partial charge in [-0.1, -0.05) is 12.1 Å². The highest BCUT2D eigenvalue weighted by Crippen LogP contribution is 2.24. The molecule has 0 heterocycles. The number of ether oxygens (including phenoxy) is 2. The fourth-order valence-corrected chi connectivity index (χ4v) is 1.45. The summed E-state index contributed by atoms with van der Waals surface area (Å²) >= 11 is 0. The Morgan fingerprint density at radius 2 is 1.60 bits per heavy atom. The Bertz CT molecular complexity index is 312. The van der Waals surface area contributed by atoms with Crippen molar-refractivity contribution in [3.8, 4) is 11.5 Å². The summed E-state index contributed by atoms with van der Waals surface area (Å²) in [4.78, 5) is 0. The van der Waals surface area contributed by atoms with Crippen molar-refractivity contribution in [3.05, 3.63) is 18.2 Å². The van der Waals surface area contributed by atoms with Gasteiger partial charge in [-0.15, -0.1) is 0 Å². The molecule has 0 aliphatic carbocycles. The van der Waals surface area contributed by atoms with Crippen molar-refractivity contribution in [2.45, 2.75) is 0 Å². The number of methoxy groups -OCH3 is 2. The van der Waals surface area contributed by atoms with E-state index in [2.05, 4.69) is 0 Å². The summed E-state index contributed by atoms with van der Waals surface area (Å²) in [5, 5.41) is 0. The zero-order valence-electron chi connectivity index (χ0n) is 9.44. The Morgan fingerprint density at radius 3 is 2.07 bits per heavy atom. The summed E-state index contributed by atoms with van der Waals surface area (Å²) in [5.41, 5.74) is 0.807. The molecular weight excluding hydrogens is 195 g/mol. The first-order chi connectivity index (χ1) is 7.28. The third kappa shape index (κ3) is 2.43. The van der Waals surface area contributed by atoms with Crippen LogP contribution in [0.1, 0.15) is 0 Å². The predicted molar refractivity (Wildman–Crippen MR) is 59.0 cm³/mol. The number of rotatable bonds is 5. The lowest BCUT2D eigenvalue weighted by atomic mass is 9.78. The lowest BCUT2D eigenvalue weighted by Gasteiger charge is -2.15. The maximum absolute atomic E-state index is 5.27. The van der Waals surface area contributed by atoms with Crippen LogP contribution in [0.15, 0.2) is 18.2 Å². The highest BCUT2D eigenvalue weighted by Gasteiger charge is 2.24. The molecule has 0 saturated carbocycles. The molecule has 0 amide bonds. The van der Waals surface area contributed by atoms with Gasteiger partial charge in [0, 0.05) is 19.7 Å². The van der Waals surface area contributed by atoms with Crippen molar-refractivity contribution in [1.82, 2.24) is 0 Å². The Hall–Kier alpha value is -1.20. The first kappa shape index (κ1) is 11.9. The first-order valence-electron chi connectivity index (χ1n) is 4.55. The van der Waals surface area contributed by atoms with Crippen molar-refractivity contribution in [1.29, 1.82) is 0 Å². The van der Waals surface area contributed by atoms with Crippen LogP contribution in [0.25, 0.3) is 0 Å². The predicted octanol–water partition coefficient (Wildman–Crippen LogP) is 0.692.